The maximum absolute atomic E-state index is 13.1. The van der Waals surface area contributed by atoms with Crippen LogP contribution in [0.3, 0.4) is 0 Å². The lowest BCUT2D eigenvalue weighted by Gasteiger charge is -2.33. The Balaban J connectivity index is 1.52. The maximum Gasteiger partial charge on any atom is 0.264 e. The number of carbonyl (C=O) groups excluding carboxylic acids is 2. The number of thiophene rings is 1. The predicted molar refractivity (Wildman–Crippen MR) is 97.6 cm³/mol. The van der Waals surface area contributed by atoms with Crippen molar-refractivity contribution in [2.45, 2.75) is 31.3 Å². The first-order valence-corrected chi connectivity index (χ1v) is 9.58. The first kappa shape index (κ1) is 17.8. The molecule has 2 aliphatic heterocycles. The average Bonchev–Trinajstić information content (AvgIpc) is 3.42. The van der Waals surface area contributed by atoms with Crippen LogP contribution in [0.1, 0.15) is 43.5 Å². The van der Waals surface area contributed by atoms with Gasteiger partial charge in [0.1, 0.15) is 12.3 Å². The number of furan rings is 1. The topological polar surface area (TPSA) is 95.6 Å². The van der Waals surface area contributed by atoms with Crippen LogP contribution in [0.5, 0.6) is 0 Å². The van der Waals surface area contributed by atoms with E-state index < -0.39 is 0 Å². The monoisotopic (exact) mass is 385 g/mol. The number of carbonyl (C=O) groups is 2. The molecule has 0 aromatic carbocycles. The molecule has 2 aromatic rings. The molecule has 0 radical (unpaired) electrons. The standard InChI is InChI=1S/C19H19N3O4S/c1-12-2-3-16(27-12)18(24)22-9-14(7-19(22)4-5-25-11-19)21-17(23)13-6-15(8-20)26-10-13/h2-3,6,10,14H,4-5,7,9,11H2,1H3,(H,21,23). The van der Waals surface area contributed by atoms with Crippen LogP contribution in [0.25, 0.3) is 0 Å². The lowest BCUT2D eigenvalue weighted by atomic mass is 9.93. The summed E-state index contributed by atoms with van der Waals surface area (Å²) in [5.74, 6) is -0.219. The van der Waals surface area contributed by atoms with Gasteiger partial charge in [-0.25, -0.2) is 0 Å². The molecule has 2 saturated heterocycles. The van der Waals surface area contributed by atoms with Crippen LogP contribution in [0.4, 0.5) is 0 Å². The van der Waals surface area contributed by atoms with Gasteiger partial charge >= 0.3 is 0 Å². The van der Waals surface area contributed by atoms with Crippen molar-refractivity contribution < 1.29 is 18.7 Å². The summed E-state index contributed by atoms with van der Waals surface area (Å²) in [6.45, 7) is 3.51. The van der Waals surface area contributed by atoms with Gasteiger partial charge < -0.3 is 19.4 Å². The third-order valence-electron chi connectivity index (χ3n) is 5.19. The molecule has 2 aliphatic rings. The highest BCUT2D eigenvalue weighted by molar-refractivity contribution is 7.13. The summed E-state index contributed by atoms with van der Waals surface area (Å²) in [4.78, 5) is 29.2. The first-order chi connectivity index (χ1) is 13.0. The number of hydrogen-bond acceptors (Lipinski definition) is 6. The fraction of sp³-hybridized carbons (Fsp3) is 0.421. The van der Waals surface area contributed by atoms with Crippen molar-refractivity contribution in [3.8, 4) is 6.07 Å². The van der Waals surface area contributed by atoms with E-state index in [4.69, 9.17) is 14.4 Å². The Kier molecular flexibility index (Phi) is 4.50. The fourth-order valence-electron chi connectivity index (χ4n) is 3.88. The minimum Gasteiger partial charge on any atom is -0.453 e. The van der Waals surface area contributed by atoms with Crippen molar-refractivity contribution in [2.24, 2.45) is 0 Å². The number of likely N-dealkylation sites (tertiary alicyclic amines) is 1. The molecule has 2 amide bonds. The van der Waals surface area contributed by atoms with E-state index >= 15 is 0 Å². The summed E-state index contributed by atoms with van der Waals surface area (Å²) in [5.41, 5.74) is -0.0665. The van der Waals surface area contributed by atoms with Crippen LogP contribution < -0.4 is 5.32 Å². The van der Waals surface area contributed by atoms with Gasteiger partial charge in [-0.2, -0.15) is 5.26 Å². The van der Waals surface area contributed by atoms with Crippen molar-refractivity contribution in [2.75, 3.05) is 19.8 Å². The summed E-state index contributed by atoms with van der Waals surface area (Å²) in [6, 6.07) is 6.89. The molecule has 8 heteroatoms. The number of nitrogens with one attached hydrogen (secondary N) is 1. The van der Waals surface area contributed by atoms with E-state index in [9.17, 15) is 9.59 Å². The average molecular weight is 385 g/mol. The van der Waals surface area contributed by atoms with E-state index in [1.54, 1.807) is 0 Å². The molecule has 27 heavy (non-hydrogen) atoms. The molecule has 0 bridgehead atoms. The Bertz CT molecular complexity index is 920. The van der Waals surface area contributed by atoms with Crippen molar-refractivity contribution in [1.29, 1.82) is 5.26 Å². The Morgan fingerprint density at radius 3 is 2.93 bits per heavy atom. The highest BCUT2D eigenvalue weighted by atomic mass is 32.1. The van der Waals surface area contributed by atoms with E-state index in [0.29, 0.717) is 36.6 Å². The zero-order chi connectivity index (χ0) is 19.0. The molecular weight excluding hydrogens is 366 g/mol. The molecule has 2 fully saturated rings. The minimum atomic E-state index is -0.374. The van der Waals surface area contributed by atoms with Crippen LogP contribution in [0.15, 0.2) is 28.9 Å². The molecule has 1 N–H and O–H groups in total. The van der Waals surface area contributed by atoms with Crippen LogP contribution in [0.2, 0.25) is 0 Å². The third-order valence-corrected chi connectivity index (χ3v) is 6.18. The smallest absolute Gasteiger partial charge is 0.264 e. The van der Waals surface area contributed by atoms with Gasteiger partial charge in [-0.15, -0.1) is 11.3 Å². The molecule has 140 valence electrons. The van der Waals surface area contributed by atoms with E-state index in [-0.39, 0.29) is 29.2 Å². The second kappa shape index (κ2) is 6.83. The largest absolute Gasteiger partial charge is 0.453 e. The van der Waals surface area contributed by atoms with Crippen molar-refractivity contribution in [3.63, 3.8) is 0 Å². The Hall–Kier alpha value is -2.63. The van der Waals surface area contributed by atoms with E-state index in [1.165, 1.54) is 23.7 Å². The SMILES string of the molecule is Cc1ccc(C(=O)N2CC(NC(=O)c3coc(C#N)c3)CC23CCOC3)s1. The second-order valence-electron chi connectivity index (χ2n) is 7.04. The summed E-state index contributed by atoms with van der Waals surface area (Å²) in [7, 11) is 0. The van der Waals surface area contributed by atoms with Crippen LogP contribution in [-0.2, 0) is 4.74 Å². The number of aryl methyl sites for hydroxylation is 1. The van der Waals surface area contributed by atoms with Crippen molar-refractivity contribution in [3.05, 3.63) is 45.5 Å². The van der Waals surface area contributed by atoms with Gasteiger partial charge in [0.05, 0.1) is 22.6 Å². The molecule has 2 atom stereocenters. The van der Waals surface area contributed by atoms with Crippen LogP contribution in [-0.4, -0.2) is 48.1 Å². The van der Waals surface area contributed by atoms with Crippen molar-refractivity contribution in [1.82, 2.24) is 10.2 Å². The third kappa shape index (κ3) is 3.24. The highest BCUT2D eigenvalue weighted by Gasteiger charge is 2.51. The van der Waals surface area contributed by atoms with Gasteiger partial charge in [0.25, 0.3) is 11.8 Å². The van der Waals surface area contributed by atoms with Crippen molar-refractivity contribution >= 4 is 23.2 Å². The molecule has 2 aromatic heterocycles. The Morgan fingerprint density at radius 2 is 2.30 bits per heavy atom. The maximum atomic E-state index is 13.1. The number of nitrogens with zero attached hydrogens (tertiary/aromatic N) is 2. The quantitative estimate of drug-likeness (QED) is 0.875. The molecule has 4 heterocycles. The molecule has 2 unspecified atom stereocenters. The Morgan fingerprint density at radius 1 is 1.44 bits per heavy atom. The molecule has 1 spiro atoms. The van der Waals surface area contributed by atoms with Gasteiger partial charge in [0, 0.05) is 30.1 Å². The van der Waals surface area contributed by atoms with E-state index in [0.717, 1.165) is 11.3 Å². The predicted octanol–water partition coefficient (Wildman–Crippen LogP) is 2.32. The summed E-state index contributed by atoms with van der Waals surface area (Å²) in [6.07, 6.45) is 2.69. The van der Waals surface area contributed by atoms with Crippen LogP contribution in [0, 0.1) is 18.3 Å². The van der Waals surface area contributed by atoms with Gasteiger partial charge in [-0.05, 0) is 31.9 Å². The molecular formula is C19H19N3O4S. The van der Waals surface area contributed by atoms with Gasteiger partial charge in [-0.3, -0.25) is 9.59 Å². The minimum absolute atomic E-state index is 0.00886. The highest BCUT2D eigenvalue weighted by Crippen LogP contribution is 2.38. The zero-order valence-electron chi connectivity index (χ0n) is 14.9. The summed E-state index contributed by atoms with van der Waals surface area (Å²) in [5, 5.41) is 11.8. The molecule has 4 rings (SSSR count). The normalized spacial score (nSPS) is 24.3. The number of amides is 2. The van der Waals surface area contributed by atoms with E-state index in [1.807, 2.05) is 30.0 Å². The Labute approximate surface area is 160 Å². The lowest BCUT2D eigenvalue weighted by Crippen LogP contribution is -2.47. The van der Waals surface area contributed by atoms with Crippen LogP contribution >= 0.6 is 11.3 Å². The molecule has 0 saturated carbocycles. The number of ether oxygens (including phenoxy) is 1. The number of rotatable bonds is 3. The number of hydrogen-bond donors (Lipinski definition) is 1. The van der Waals surface area contributed by atoms with E-state index in [2.05, 4.69) is 5.32 Å². The summed E-state index contributed by atoms with van der Waals surface area (Å²) >= 11 is 1.48. The summed E-state index contributed by atoms with van der Waals surface area (Å²) < 4.78 is 10.6. The van der Waals surface area contributed by atoms with Gasteiger partial charge in [-0.1, -0.05) is 0 Å². The molecule has 7 nitrogen and oxygen atoms in total. The lowest BCUT2D eigenvalue weighted by molar-refractivity contribution is 0.0554. The first-order valence-electron chi connectivity index (χ1n) is 8.76. The van der Waals surface area contributed by atoms with Gasteiger partial charge in [0.2, 0.25) is 5.76 Å². The van der Waals surface area contributed by atoms with Gasteiger partial charge in [0.15, 0.2) is 0 Å². The second-order valence-corrected chi connectivity index (χ2v) is 8.33. The molecule has 0 aliphatic carbocycles. The fourth-order valence-corrected chi connectivity index (χ4v) is 4.69. The zero-order valence-corrected chi connectivity index (χ0v) is 15.7. The number of nitriles is 1.